The number of ether oxygens (including phenoxy) is 1. The van der Waals surface area contributed by atoms with Crippen molar-refractivity contribution in [3.8, 4) is 5.75 Å². The maximum atomic E-state index is 12.7. The van der Waals surface area contributed by atoms with E-state index in [-0.39, 0.29) is 5.91 Å². The van der Waals surface area contributed by atoms with Crippen LogP contribution in [-0.4, -0.2) is 23.9 Å². The predicted molar refractivity (Wildman–Crippen MR) is 104 cm³/mol. The third-order valence-electron chi connectivity index (χ3n) is 4.64. The minimum Gasteiger partial charge on any atom is -0.486 e. The molecule has 4 rings (SSSR count). The van der Waals surface area contributed by atoms with Gasteiger partial charge in [-0.15, -0.1) is 0 Å². The smallest absolute Gasteiger partial charge is 0.289 e. The van der Waals surface area contributed by atoms with E-state index < -0.39 is 0 Å². The summed E-state index contributed by atoms with van der Waals surface area (Å²) in [5.41, 5.74) is 2.51. The van der Waals surface area contributed by atoms with E-state index in [2.05, 4.69) is 18.2 Å². The van der Waals surface area contributed by atoms with Crippen molar-refractivity contribution in [1.82, 2.24) is 4.90 Å². The van der Waals surface area contributed by atoms with E-state index in [0.29, 0.717) is 31.2 Å². The van der Waals surface area contributed by atoms with E-state index in [9.17, 15) is 4.79 Å². The lowest BCUT2D eigenvalue weighted by atomic mass is 9.99. The van der Waals surface area contributed by atoms with Gasteiger partial charge in [0, 0.05) is 13.1 Å². The van der Waals surface area contributed by atoms with Crippen LogP contribution in [0.25, 0.3) is 5.57 Å². The first-order valence-corrected chi connectivity index (χ1v) is 9.10. The summed E-state index contributed by atoms with van der Waals surface area (Å²) in [6, 6.07) is 23.4. The molecule has 4 heteroatoms. The van der Waals surface area contributed by atoms with Crippen LogP contribution in [0.15, 0.2) is 83.3 Å². The Labute approximate surface area is 158 Å². The molecule has 1 aliphatic rings. The zero-order valence-corrected chi connectivity index (χ0v) is 15.0. The van der Waals surface area contributed by atoms with Gasteiger partial charge in [-0.3, -0.25) is 4.79 Å². The molecule has 3 aromatic rings. The van der Waals surface area contributed by atoms with Crippen LogP contribution < -0.4 is 4.74 Å². The number of para-hydroxylation sites is 1. The fraction of sp³-hybridized carbons (Fsp3) is 0.174. The number of benzene rings is 2. The molecule has 1 aliphatic heterocycles. The van der Waals surface area contributed by atoms with Gasteiger partial charge >= 0.3 is 0 Å². The zero-order chi connectivity index (χ0) is 18.5. The van der Waals surface area contributed by atoms with Gasteiger partial charge in [0.15, 0.2) is 5.76 Å². The van der Waals surface area contributed by atoms with Gasteiger partial charge in [-0.25, -0.2) is 0 Å². The minimum atomic E-state index is -0.0793. The molecule has 4 nitrogen and oxygen atoms in total. The van der Waals surface area contributed by atoms with Gasteiger partial charge in [-0.2, -0.15) is 0 Å². The summed E-state index contributed by atoms with van der Waals surface area (Å²) in [7, 11) is 0. The molecule has 136 valence electrons. The molecule has 1 amide bonds. The molecule has 0 unspecified atom stereocenters. The molecule has 0 saturated heterocycles. The van der Waals surface area contributed by atoms with Gasteiger partial charge in [-0.1, -0.05) is 54.6 Å². The highest BCUT2D eigenvalue weighted by Crippen LogP contribution is 2.23. The van der Waals surface area contributed by atoms with Crippen molar-refractivity contribution in [2.75, 3.05) is 13.1 Å². The van der Waals surface area contributed by atoms with Crippen molar-refractivity contribution in [1.29, 1.82) is 0 Å². The summed E-state index contributed by atoms with van der Waals surface area (Å²) < 4.78 is 11.4. The molecule has 0 saturated carbocycles. The van der Waals surface area contributed by atoms with Crippen LogP contribution in [0, 0.1) is 0 Å². The summed E-state index contributed by atoms with van der Waals surface area (Å²) in [6.45, 7) is 1.59. The molecular weight excluding hydrogens is 338 g/mol. The zero-order valence-electron chi connectivity index (χ0n) is 15.0. The Morgan fingerprint density at radius 1 is 0.963 bits per heavy atom. The fourth-order valence-corrected chi connectivity index (χ4v) is 3.17. The van der Waals surface area contributed by atoms with E-state index in [4.69, 9.17) is 9.15 Å². The Morgan fingerprint density at radius 3 is 2.41 bits per heavy atom. The maximum absolute atomic E-state index is 12.7. The lowest BCUT2D eigenvalue weighted by Gasteiger charge is -2.25. The van der Waals surface area contributed by atoms with Crippen molar-refractivity contribution in [3.05, 3.63) is 96.0 Å². The highest BCUT2D eigenvalue weighted by molar-refractivity contribution is 5.92. The molecular formula is C23H21NO3. The first-order chi connectivity index (χ1) is 13.3. The van der Waals surface area contributed by atoms with Crippen molar-refractivity contribution >= 4 is 11.5 Å². The Bertz CT molecular complexity index is 929. The monoisotopic (exact) mass is 359 g/mol. The number of nitrogens with zero attached hydrogens (tertiary/aromatic N) is 1. The van der Waals surface area contributed by atoms with Crippen LogP contribution in [0.2, 0.25) is 0 Å². The van der Waals surface area contributed by atoms with Crippen LogP contribution >= 0.6 is 0 Å². The number of furan rings is 1. The van der Waals surface area contributed by atoms with Crippen molar-refractivity contribution < 1.29 is 13.9 Å². The number of amides is 1. The summed E-state index contributed by atoms with van der Waals surface area (Å²) in [4.78, 5) is 14.5. The van der Waals surface area contributed by atoms with Crippen LogP contribution in [0.5, 0.6) is 5.75 Å². The highest BCUT2D eigenvalue weighted by atomic mass is 16.5. The Kier molecular flexibility index (Phi) is 5.06. The maximum Gasteiger partial charge on any atom is 0.289 e. The molecule has 2 aromatic carbocycles. The number of hydrogen-bond acceptors (Lipinski definition) is 3. The summed E-state index contributed by atoms with van der Waals surface area (Å²) in [5.74, 6) is 1.69. The third kappa shape index (κ3) is 4.11. The average Bonchev–Trinajstić information content (AvgIpc) is 3.22. The van der Waals surface area contributed by atoms with Crippen molar-refractivity contribution in [2.24, 2.45) is 0 Å². The molecule has 0 radical (unpaired) electrons. The summed E-state index contributed by atoms with van der Waals surface area (Å²) in [6.07, 6.45) is 2.97. The molecule has 0 bridgehead atoms. The molecule has 0 N–H and O–H groups in total. The lowest BCUT2D eigenvalue weighted by Crippen LogP contribution is -2.34. The summed E-state index contributed by atoms with van der Waals surface area (Å²) >= 11 is 0. The number of carbonyl (C=O) groups is 1. The van der Waals surface area contributed by atoms with Gasteiger partial charge in [-0.05, 0) is 41.8 Å². The normalized spacial score (nSPS) is 13.9. The second kappa shape index (κ2) is 7.96. The van der Waals surface area contributed by atoms with Gasteiger partial charge in [0.1, 0.15) is 18.1 Å². The Hall–Kier alpha value is -3.27. The van der Waals surface area contributed by atoms with Crippen LogP contribution in [-0.2, 0) is 6.61 Å². The van der Waals surface area contributed by atoms with Crippen LogP contribution in [0.4, 0.5) is 0 Å². The second-order valence-corrected chi connectivity index (χ2v) is 6.46. The lowest BCUT2D eigenvalue weighted by molar-refractivity contribution is 0.0737. The van der Waals surface area contributed by atoms with E-state index in [1.54, 1.807) is 12.1 Å². The average molecular weight is 359 g/mol. The van der Waals surface area contributed by atoms with Crippen LogP contribution in [0.1, 0.15) is 28.3 Å². The minimum absolute atomic E-state index is 0.0793. The van der Waals surface area contributed by atoms with E-state index in [1.807, 2.05) is 53.4 Å². The molecule has 1 aromatic heterocycles. The molecule has 27 heavy (non-hydrogen) atoms. The van der Waals surface area contributed by atoms with Gasteiger partial charge < -0.3 is 14.1 Å². The van der Waals surface area contributed by atoms with Crippen molar-refractivity contribution in [2.45, 2.75) is 13.0 Å². The topological polar surface area (TPSA) is 42.7 Å². The third-order valence-corrected chi connectivity index (χ3v) is 4.64. The summed E-state index contributed by atoms with van der Waals surface area (Å²) in [5, 5.41) is 0. The SMILES string of the molecule is O=C(c1ccc(COc2ccccc2)o1)N1CC=C(c2ccccc2)CC1. The van der Waals surface area contributed by atoms with Crippen molar-refractivity contribution in [3.63, 3.8) is 0 Å². The number of rotatable bonds is 5. The van der Waals surface area contributed by atoms with Gasteiger partial charge in [0.05, 0.1) is 0 Å². The molecule has 2 heterocycles. The quantitative estimate of drug-likeness (QED) is 0.658. The largest absolute Gasteiger partial charge is 0.486 e. The van der Waals surface area contributed by atoms with E-state index in [0.717, 1.165) is 12.2 Å². The molecule has 0 atom stereocenters. The van der Waals surface area contributed by atoms with Gasteiger partial charge in [0.2, 0.25) is 0 Å². The molecule has 0 aliphatic carbocycles. The van der Waals surface area contributed by atoms with Gasteiger partial charge in [0.25, 0.3) is 5.91 Å². The first-order valence-electron chi connectivity index (χ1n) is 9.10. The van der Waals surface area contributed by atoms with Crippen LogP contribution in [0.3, 0.4) is 0 Å². The number of hydrogen-bond donors (Lipinski definition) is 0. The predicted octanol–water partition coefficient (Wildman–Crippen LogP) is 4.79. The number of carbonyl (C=O) groups excluding carboxylic acids is 1. The molecule has 0 fully saturated rings. The second-order valence-electron chi connectivity index (χ2n) is 6.46. The Balaban J connectivity index is 1.36. The highest BCUT2D eigenvalue weighted by Gasteiger charge is 2.22. The standard InChI is InChI=1S/C23H21NO3/c25-23(24-15-13-19(14-16-24)18-7-3-1-4-8-18)22-12-11-21(27-22)17-26-20-9-5-2-6-10-20/h1-13H,14-17H2. The Morgan fingerprint density at radius 2 is 1.70 bits per heavy atom. The van der Waals surface area contributed by atoms with E-state index in [1.165, 1.54) is 11.1 Å². The van der Waals surface area contributed by atoms with E-state index >= 15 is 0 Å². The fourth-order valence-electron chi connectivity index (χ4n) is 3.17. The first kappa shape index (κ1) is 17.2. The molecule has 0 spiro atoms.